The molecule has 2 rings (SSSR count). The van der Waals surface area contributed by atoms with Crippen LogP contribution in [-0.4, -0.2) is 23.2 Å². The molecular formula is C16H20Cl2N2O2S. The Morgan fingerprint density at radius 1 is 1.22 bits per heavy atom. The molecule has 1 aliphatic carbocycles. The number of benzene rings is 1. The molecule has 1 aromatic carbocycles. The lowest BCUT2D eigenvalue weighted by Gasteiger charge is -2.23. The first kappa shape index (κ1) is 18.4. The van der Waals surface area contributed by atoms with Gasteiger partial charge in [-0.25, -0.2) is 4.79 Å². The molecule has 1 aromatic rings. The maximum Gasteiger partial charge on any atom is 0.321 e. The first-order valence-electron chi connectivity index (χ1n) is 7.69. The second-order valence-corrected chi connectivity index (χ2v) is 7.86. The Kier molecular flexibility index (Phi) is 7.06. The van der Waals surface area contributed by atoms with Gasteiger partial charge in [-0.15, -0.1) is 11.8 Å². The summed E-state index contributed by atoms with van der Waals surface area (Å²) in [6, 6.07) is 4.83. The highest BCUT2D eigenvalue weighted by molar-refractivity contribution is 8.00. The Morgan fingerprint density at radius 2 is 1.91 bits per heavy atom. The molecule has 0 aromatic heterocycles. The Labute approximate surface area is 150 Å². The molecule has 0 radical (unpaired) electrons. The summed E-state index contributed by atoms with van der Waals surface area (Å²) in [5, 5.41) is 5.89. The van der Waals surface area contributed by atoms with Crippen LogP contribution < -0.4 is 10.6 Å². The number of hydrogen-bond donors (Lipinski definition) is 2. The number of amides is 3. The summed E-state index contributed by atoms with van der Waals surface area (Å²) >= 11 is 13.3. The fourth-order valence-corrected chi connectivity index (χ4v) is 3.90. The standard InChI is InChI=1S/C16H20Cl2N2O2S/c1-10(23-14-9-11(17)7-8-13(14)18)15(21)20-16(22)19-12-5-3-2-4-6-12/h7-10,12H,2-6H2,1H3,(H2,19,20,21,22)/t10-/m0/s1. The van der Waals surface area contributed by atoms with Gasteiger partial charge in [0.25, 0.3) is 0 Å². The van der Waals surface area contributed by atoms with Crippen molar-refractivity contribution >= 4 is 46.9 Å². The van der Waals surface area contributed by atoms with Crippen molar-refractivity contribution in [1.82, 2.24) is 10.6 Å². The molecule has 23 heavy (non-hydrogen) atoms. The van der Waals surface area contributed by atoms with Crippen LogP contribution in [0.1, 0.15) is 39.0 Å². The largest absolute Gasteiger partial charge is 0.335 e. The molecule has 4 nitrogen and oxygen atoms in total. The van der Waals surface area contributed by atoms with E-state index in [1.807, 2.05) is 0 Å². The smallest absolute Gasteiger partial charge is 0.321 e. The van der Waals surface area contributed by atoms with E-state index in [0.29, 0.717) is 10.0 Å². The fourth-order valence-electron chi connectivity index (χ4n) is 2.49. The number of hydrogen-bond acceptors (Lipinski definition) is 3. The van der Waals surface area contributed by atoms with Crippen molar-refractivity contribution in [3.63, 3.8) is 0 Å². The van der Waals surface area contributed by atoms with Crippen LogP contribution in [0, 0.1) is 0 Å². The highest BCUT2D eigenvalue weighted by Gasteiger charge is 2.21. The van der Waals surface area contributed by atoms with Gasteiger partial charge in [0.1, 0.15) is 0 Å². The second-order valence-electron chi connectivity index (χ2n) is 5.63. The van der Waals surface area contributed by atoms with Gasteiger partial charge in [0.05, 0.1) is 10.3 Å². The summed E-state index contributed by atoms with van der Waals surface area (Å²) in [4.78, 5) is 24.7. The van der Waals surface area contributed by atoms with Gasteiger partial charge < -0.3 is 5.32 Å². The summed E-state index contributed by atoms with van der Waals surface area (Å²) in [6.45, 7) is 1.73. The minimum absolute atomic E-state index is 0.168. The van der Waals surface area contributed by atoms with Crippen LogP contribution in [0.2, 0.25) is 10.0 Å². The first-order chi connectivity index (χ1) is 11.0. The Balaban J connectivity index is 1.84. The predicted molar refractivity (Wildman–Crippen MR) is 95.3 cm³/mol. The van der Waals surface area contributed by atoms with Gasteiger partial charge in [0.2, 0.25) is 5.91 Å². The highest BCUT2D eigenvalue weighted by atomic mass is 35.5. The number of carbonyl (C=O) groups is 2. The average Bonchev–Trinajstić information content (AvgIpc) is 2.51. The van der Waals surface area contributed by atoms with Crippen LogP contribution in [0.4, 0.5) is 4.79 Å². The molecule has 0 bridgehead atoms. The first-order valence-corrected chi connectivity index (χ1v) is 9.32. The number of rotatable bonds is 4. The molecule has 1 aliphatic rings. The van der Waals surface area contributed by atoms with Gasteiger partial charge in [-0.1, -0.05) is 42.5 Å². The van der Waals surface area contributed by atoms with Crippen molar-refractivity contribution in [1.29, 1.82) is 0 Å². The lowest BCUT2D eigenvalue weighted by atomic mass is 9.96. The molecule has 3 amide bonds. The van der Waals surface area contributed by atoms with Crippen LogP contribution in [-0.2, 0) is 4.79 Å². The Morgan fingerprint density at radius 3 is 2.61 bits per heavy atom. The third kappa shape index (κ3) is 5.90. The minimum atomic E-state index is -0.455. The molecule has 126 valence electrons. The van der Waals surface area contributed by atoms with Crippen molar-refractivity contribution < 1.29 is 9.59 Å². The number of thioether (sulfide) groups is 1. The zero-order valence-electron chi connectivity index (χ0n) is 12.9. The van der Waals surface area contributed by atoms with Crippen LogP contribution in [0.15, 0.2) is 23.1 Å². The SMILES string of the molecule is C[C@H](Sc1cc(Cl)ccc1Cl)C(=O)NC(=O)NC1CCCCC1. The van der Waals surface area contributed by atoms with E-state index in [-0.39, 0.29) is 11.9 Å². The molecule has 0 aliphatic heterocycles. The third-order valence-corrected chi connectivity index (χ3v) is 5.58. The fraction of sp³-hybridized carbons (Fsp3) is 0.500. The second kappa shape index (κ2) is 8.81. The Hall–Kier alpha value is -0.910. The topological polar surface area (TPSA) is 58.2 Å². The lowest BCUT2D eigenvalue weighted by molar-refractivity contribution is -0.119. The van der Waals surface area contributed by atoms with Gasteiger partial charge in [0, 0.05) is 16.0 Å². The van der Waals surface area contributed by atoms with E-state index in [1.165, 1.54) is 18.2 Å². The molecule has 7 heteroatoms. The van der Waals surface area contributed by atoms with Crippen molar-refractivity contribution in [3.05, 3.63) is 28.2 Å². The zero-order valence-corrected chi connectivity index (χ0v) is 15.2. The molecular weight excluding hydrogens is 355 g/mol. The van der Waals surface area contributed by atoms with Crippen molar-refractivity contribution in [2.24, 2.45) is 0 Å². The predicted octanol–water partition coefficient (Wildman–Crippen LogP) is 4.63. The number of carbonyl (C=O) groups excluding carboxylic acids is 2. The van der Waals surface area contributed by atoms with Crippen LogP contribution >= 0.6 is 35.0 Å². The van der Waals surface area contributed by atoms with Gasteiger partial charge in [-0.2, -0.15) is 0 Å². The summed E-state index contributed by atoms with van der Waals surface area (Å²) in [5.41, 5.74) is 0. The third-order valence-electron chi connectivity index (χ3n) is 3.74. The molecule has 0 heterocycles. The normalized spacial score (nSPS) is 16.7. The summed E-state index contributed by atoms with van der Waals surface area (Å²) in [6.07, 6.45) is 5.41. The zero-order chi connectivity index (χ0) is 16.8. The van der Waals surface area contributed by atoms with Crippen molar-refractivity contribution in [3.8, 4) is 0 Å². The molecule has 0 unspecified atom stereocenters. The van der Waals surface area contributed by atoms with E-state index in [9.17, 15) is 9.59 Å². The van der Waals surface area contributed by atoms with Gasteiger partial charge in [-0.05, 0) is 38.0 Å². The van der Waals surface area contributed by atoms with Crippen LogP contribution in [0.3, 0.4) is 0 Å². The molecule has 1 fully saturated rings. The van der Waals surface area contributed by atoms with E-state index in [4.69, 9.17) is 23.2 Å². The van der Waals surface area contributed by atoms with Gasteiger partial charge >= 0.3 is 6.03 Å². The number of urea groups is 1. The van der Waals surface area contributed by atoms with E-state index >= 15 is 0 Å². The van der Waals surface area contributed by atoms with E-state index in [1.54, 1.807) is 25.1 Å². The number of imide groups is 1. The quantitative estimate of drug-likeness (QED) is 0.755. The van der Waals surface area contributed by atoms with Crippen molar-refractivity contribution in [2.75, 3.05) is 0 Å². The van der Waals surface area contributed by atoms with E-state index in [2.05, 4.69) is 10.6 Å². The van der Waals surface area contributed by atoms with Gasteiger partial charge in [-0.3, -0.25) is 10.1 Å². The summed E-state index contributed by atoms with van der Waals surface area (Å²) in [5.74, 6) is -0.348. The maximum absolute atomic E-state index is 12.1. The molecule has 0 spiro atoms. The van der Waals surface area contributed by atoms with Crippen LogP contribution in [0.5, 0.6) is 0 Å². The van der Waals surface area contributed by atoms with Crippen molar-refractivity contribution in [2.45, 2.75) is 55.2 Å². The number of halogens is 2. The van der Waals surface area contributed by atoms with Gasteiger partial charge in [0.15, 0.2) is 0 Å². The molecule has 2 N–H and O–H groups in total. The minimum Gasteiger partial charge on any atom is -0.335 e. The molecule has 0 saturated heterocycles. The Bertz CT molecular complexity index is 577. The maximum atomic E-state index is 12.1. The summed E-state index contributed by atoms with van der Waals surface area (Å²) < 4.78 is 0. The summed E-state index contributed by atoms with van der Waals surface area (Å²) in [7, 11) is 0. The molecule has 1 saturated carbocycles. The highest BCUT2D eigenvalue weighted by Crippen LogP contribution is 2.32. The van der Waals surface area contributed by atoms with E-state index < -0.39 is 11.3 Å². The lowest BCUT2D eigenvalue weighted by Crippen LogP contribution is -2.47. The molecule has 1 atom stereocenters. The number of nitrogens with one attached hydrogen (secondary N) is 2. The average molecular weight is 375 g/mol. The monoisotopic (exact) mass is 374 g/mol. The van der Waals surface area contributed by atoms with Crippen LogP contribution in [0.25, 0.3) is 0 Å². The van der Waals surface area contributed by atoms with E-state index in [0.717, 1.165) is 30.6 Å².